The molecule has 0 aliphatic rings. The van der Waals surface area contributed by atoms with Gasteiger partial charge in [-0.1, -0.05) is 0 Å². The fourth-order valence-electron chi connectivity index (χ4n) is 1.52. The molecule has 2 aromatic rings. The van der Waals surface area contributed by atoms with Gasteiger partial charge < -0.3 is 19.7 Å². The van der Waals surface area contributed by atoms with Gasteiger partial charge in [0.05, 0.1) is 31.4 Å². The van der Waals surface area contributed by atoms with E-state index in [1.165, 1.54) is 50.6 Å². The number of rotatable bonds is 2. The minimum atomic E-state index is 0.0477. The number of nitriles is 2. The third-order valence-electron chi connectivity index (χ3n) is 2.61. The molecule has 2 N–H and O–H groups in total. The third kappa shape index (κ3) is 4.32. The number of ether oxygens (including phenoxy) is 2. The summed E-state index contributed by atoms with van der Waals surface area (Å²) in [5, 5.41) is 35.1. The number of methoxy groups -OCH3 is 2. The molecular formula is C16H14N2O4. The second kappa shape index (κ2) is 8.03. The van der Waals surface area contributed by atoms with Crippen molar-refractivity contribution in [1.29, 1.82) is 10.5 Å². The van der Waals surface area contributed by atoms with Crippen LogP contribution in [0.1, 0.15) is 11.1 Å². The summed E-state index contributed by atoms with van der Waals surface area (Å²) in [5.74, 6) is 0.865. The van der Waals surface area contributed by atoms with E-state index in [-0.39, 0.29) is 11.5 Å². The highest BCUT2D eigenvalue weighted by atomic mass is 16.5. The molecule has 0 aliphatic heterocycles. The summed E-state index contributed by atoms with van der Waals surface area (Å²) < 4.78 is 9.62. The van der Waals surface area contributed by atoms with Gasteiger partial charge in [0, 0.05) is 12.1 Å². The Labute approximate surface area is 128 Å². The van der Waals surface area contributed by atoms with E-state index in [1.54, 1.807) is 0 Å². The molecule has 0 bridgehead atoms. The van der Waals surface area contributed by atoms with E-state index in [0.717, 1.165) is 0 Å². The highest BCUT2D eigenvalue weighted by molar-refractivity contribution is 5.47. The van der Waals surface area contributed by atoms with E-state index in [0.29, 0.717) is 22.6 Å². The maximum absolute atomic E-state index is 9.10. The average Bonchev–Trinajstić information content (AvgIpc) is 2.55. The maximum atomic E-state index is 9.10. The van der Waals surface area contributed by atoms with Crippen LogP contribution in [-0.4, -0.2) is 24.4 Å². The lowest BCUT2D eigenvalue weighted by Gasteiger charge is -2.01. The molecule has 112 valence electrons. The van der Waals surface area contributed by atoms with Crippen LogP contribution in [0.2, 0.25) is 0 Å². The monoisotopic (exact) mass is 298 g/mol. The molecule has 2 aromatic carbocycles. The smallest absolute Gasteiger partial charge is 0.161 e. The maximum Gasteiger partial charge on any atom is 0.161 e. The molecule has 0 radical (unpaired) electrons. The van der Waals surface area contributed by atoms with Crippen LogP contribution in [0.3, 0.4) is 0 Å². The number of phenolic OH excluding ortho intramolecular Hbond substituents is 2. The first-order valence-corrected chi connectivity index (χ1v) is 6.10. The molecule has 0 atom stereocenters. The number of aromatic hydroxyl groups is 2. The van der Waals surface area contributed by atoms with Crippen LogP contribution >= 0.6 is 0 Å². The van der Waals surface area contributed by atoms with Crippen molar-refractivity contribution in [2.75, 3.05) is 14.2 Å². The zero-order valence-electron chi connectivity index (χ0n) is 12.1. The van der Waals surface area contributed by atoms with Gasteiger partial charge in [-0.05, 0) is 24.3 Å². The molecule has 0 saturated carbocycles. The van der Waals surface area contributed by atoms with Gasteiger partial charge in [0.15, 0.2) is 11.5 Å². The molecule has 0 aromatic heterocycles. The summed E-state index contributed by atoms with van der Waals surface area (Å²) >= 11 is 0. The van der Waals surface area contributed by atoms with Gasteiger partial charge in [0.1, 0.15) is 17.6 Å². The fraction of sp³-hybridized carbons (Fsp3) is 0.125. The summed E-state index contributed by atoms with van der Waals surface area (Å²) in [5.41, 5.74) is 0.893. The van der Waals surface area contributed by atoms with Crippen LogP contribution in [0.4, 0.5) is 0 Å². The number of phenols is 2. The molecular weight excluding hydrogens is 284 g/mol. The Kier molecular flexibility index (Phi) is 6.09. The summed E-state index contributed by atoms with van der Waals surface area (Å²) in [6, 6.07) is 12.7. The molecule has 0 spiro atoms. The fourth-order valence-corrected chi connectivity index (χ4v) is 1.52. The predicted octanol–water partition coefficient (Wildman–Crippen LogP) is 2.54. The normalized spacial score (nSPS) is 8.73. The van der Waals surface area contributed by atoms with Crippen molar-refractivity contribution in [1.82, 2.24) is 0 Å². The van der Waals surface area contributed by atoms with Crippen molar-refractivity contribution in [3.05, 3.63) is 47.5 Å². The van der Waals surface area contributed by atoms with E-state index < -0.39 is 0 Å². The van der Waals surface area contributed by atoms with Gasteiger partial charge in [0.25, 0.3) is 0 Å². The largest absolute Gasteiger partial charge is 0.508 e. The van der Waals surface area contributed by atoms with Gasteiger partial charge in [-0.3, -0.25) is 0 Å². The van der Waals surface area contributed by atoms with E-state index >= 15 is 0 Å². The highest BCUT2D eigenvalue weighted by Crippen LogP contribution is 2.25. The topological polar surface area (TPSA) is 106 Å². The first-order chi connectivity index (χ1) is 10.5. The van der Waals surface area contributed by atoms with E-state index in [1.807, 2.05) is 12.1 Å². The molecule has 0 heterocycles. The van der Waals surface area contributed by atoms with Gasteiger partial charge in [-0.25, -0.2) is 0 Å². The number of benzene rings is 2. The molecule has 0 unspecified atom stereocenters. The summed E-state index contributed by atoms with van der Waals surface area (Å²) in [6.45, 7) is 0. The van der Waals surface area contributed by atoms with E-state index in [4.69, 9.17) is 30.2 Å². The third-order valence-corrected chi connectivity index (χ3v) is 2.61. The van der Waals surface area contributed by atoms with Crippen LogP contribution in [0.25, 0.3) is 0 Å². The van der Waals surface area contributed by atoms with Gasteiger partial charge in [-0.15, -0.1) is 0 Å². The molecule has 0 saturated heterocycles. The van der Waals surface area contributed by atoms with Crippen molar-refractivity contribution in [2.24, 2.45) is 0 Å². The van der Waals surface area contributed by atoms with Gasteiger partial charge >= 0.3 is 0 Å². The molecule has 0 amide bonds. The minimum absolute atomic E-state index is 0.0477. The van der Waals surface area contributed by atoms with E-state index in [9.17, 15) is 0 Å². The summed E-state index contributed by atoms with van der Waals surface area (Å²) in [6.07, 6.45) is 0. The lowest BCUT2D eigenvalue weighted by molar-refractivity contribution is 0.373. The van der Waals surface area contributed by atoms with Crippen LogP contribution in [0, 0.1) is 22.7 Å². The van der Waals surface area contributed by atoms with Crippen molar-refractivity contribution in [3.8, 4) is 35.1 Å². The molecule has 0 aliphatic carbocycles. The molecule has 0 fully saturated rings. The number of hydrogen-bond acceptors (Lipinski definition) is 6. The van der Waals surface area contributed by atoms with Gasteiger partial charge in [-0.2, -0.15) is 10.5 Å². The molecule has 6 heteroatoms. The Bertz CT molecular complexity index is 730. The van der Waals surface area contributed by atoms with Crippen molar-refractivity contribution < 1.29 is 19.7 Å². The van der Waals surface area contributed by atoms with Crippen LogP contribution in [0.15, 0.2) is 36.4 Å². The number of hydrogen-bond donors (Lipinski definition) is 2. The zero-order chi connectivity index (χ0) is 16.5. The van der Waals surface area contributed by atoms with Crippen LogP contribution in [-0.2, 0) is 0 Å². The summed E-state index contributed by atoms with van der Waals surface area (Å²) in [7, 11) is 2.89. The first kappa shape index (κ1) is 16.7. The average molecular weight is 298 g/mol. The minimum Gasteiger partial charge on any atom is -0.508 e. The Hall–Kier alpha value is -3.38. The SMILES string of the molecule is COc1cc(C#N)ccc1O.COc1cc(O)ccc1C#N. The first-order valence-electron chi connectivity index (χ1n) is 6.10. The molecule has 22 heavy (non-hydrogen) atoms. The second-order valence-corrected chi connectivity index (χ2v) is 3.99. The Morgan fingerprint density at radius 1 is 0.864 bits per heavy atom. The predicted molar refractivity (Wildman–Crippen MR) is 78.7 cm³/mol. The number of nitrogens with zero attached hydrogens (tertiary/aromatic N) is 2. The Morgan fingerprint density at radius 2 is 1.55 bits per heavy atom. The van der Waals surface area contributed by atoms with Crippen LogP contribution in [0.5, 0.6) is 23.0 Å². The van der Waals surface area contributed by atoms with E-state index in [2.05, 4.69) is 0 Å². The van der Waals surface area contributed by atoms with Crippen molar-refractivity contribution >= 4 is 0 Å². The Morgan fingerprint density at radius 3 is 2.09 bits per heavy atom. The van der Waals surface area contributed by atoms with Crippen LogP contribution < -0.4 is 9.47 Å². The quantitative estimate of drug-likeness (QED) is 0.882. The van der Waals surface area contributed by atoms with Crippen molar-refractivity contribution in [3.63, 3.8) is 0 Å². The summed E-state index contributed by atoms with van der Waals surface area (Å²) in [4.78, 5) is 0. The lowest BCUT2D eigenvalue weighted by Crippen LogP contribution is -1.86. The molecule has 6 nitrogen and oxygen atoms in total. The highest BCUT2D eigenvalue weighted by Gasteiger charge is 2.01. The zero-order valence-corrected chi connectivity index (χ0v) is 12.1. The van der Waals surface area contributed by atoms with Crippen molar-refractivity contribution in [2.45, 2.75) is 0 Å². The molecule has 2 rings (SSSR count). The standard InChI is InChI=1S/2C8H7NO2/c1-11-8-4-7(10)3-2-6(8)5-9;1-11-8-4-6(5-9)2-3-7(8)10/h2*2-4,10H,1H3. The van der Waals surface area contributed by atoms with Gasteiger partial charge in [0.2, 0.25) is 0 Å². The second-order valence-electron chi connectivity index (χ2n) is 3.99. The lowest BCUT2D eigenvalue weighted by atomic mass is 10.2. The Balaban J connectivity index is 0.000000220.